The molecule has 3 aromatic rings. The highest BCUT2D eigenvalue weighted by Crippen LogP contribution is 2.28. The van der Waals surface area contributed by atoms with Crippen LogP contribution in [0.4, 0.5) is 11.4 Å². The minimum absolute atomic E-state index is 0.0637. The first-order valence-corrected chi connectivity index (χ1v) is 9.82. The van der Waals surface area contributed by atoms with Crippen LogP contribution in [-0.2, 0) is 11.2 Å². The standard InChI is InChI=1S/C19H21N3OS2/c1-19(2,3)22-15-8-5-4-7-14(15)21-17(23)11-13-12-25-18(20-13)16-9-6-10-24-16/h4-10,12,22H,11H2,1-3H3,(H,21,23). The second kappa shape index (κ2) is 7.37. The number of hydrogen-bond acceptors (Lipinski definition) is 5. The topological polar surface area (TPSA) is 54.0 Å². The van der Waals surface area contributed by atoms with Gasteiger partial charge in [0.25, 0.3) is 0 Å². The molecule has 0 radical (unpaired) electrons. The molecule has 0 saturated heterocycles. The summed E-state index contributed by atoms with van der Waals surface area (Å²) in [5.41, 5.74) is 2.43. The Morgan fingerprint density at radius 1 is 1.08 bits per heavy atom. The molecular formula is C19H21N3OS2. The van der Waals surface area contributed by atoms with Crippen molar-refractivity contribution in [3.8, 4) is 9.88 Å². The van der Waals surface area contributed by atoms with Crippen molar-refractivity contribution in [2.75, 3.05) is 10.6 Å². The highest BCUT2D eigenvalue weighted by atomic mass is 32.1. The molecule has 130 valence electrons. The highest BCUT2D eigenvalue weighted by molar-refractivity contribution is 7.20. The van der Waals surface area contributed by atoms with Crippen LogP contribution in [-0.4, -0.2) is 16.4 Å². The van der Waals surface area contributed by atoms with Gasteiger partial charge >= 0.3 is 0 Å². The summed E-state index contributed by atoms with van der Waals surface area (Å²) in [4.78, 5) is 18.1. The van der Waals surface area contributed by atoms with Crippen molar-refractivity contribution in [1.29, 1.82) is 0 Å². The van der Waals surface area contributed by atoms with Crippen LogP contribution >= 0.6 is 22.7 Å². The van der Waals surface area contributed by atoms with Gasteiger partial charge in [-0.2, -0.15) is 0 Å². The van der Waals surface area contributed by atoms with Crippen LogP contribution in [0.1, 0.15) is 26.5 Å². The summed E-state index contributed by atoms with van der Waals surface area (Å²) < 4.78 is 0. The zero-order chi connectivity index (χ0) is 17.9. The Labute approximate surface area is 155 Å². The lowest BCUT2D eigenvalue weighted by atomic mass is 10.1. The molecule has 25 heavy (non-hydrogen) atoms. The van der Waals surface area contributed by atoms with E-state index in [1.54, 1.807) is 22.7 Å². The maximum atomic E-state index is 12.4. The van der Waals surface area contributed by atoms with E-state index in [2.05, 4.69) is 36.4 Å². The van der Waals surface area contributed by atoms with Gasteiger partial charge in [-0.1, -0.05) is 18.2 Å². The Bertz CT molecular complexity index is 848. The minimum atomic E-state index is -0.0780. The van der Waals surface area contributed by atoms with E-state index in [0.29, 0.717) is 0 Å². The number of thiazole rings is 1. The minimum Gasteiger partial charge on any atom is -0.379 e. The van der Waals surface area contributed by atoms with Gasteiger partial charge < -0.3 is 10.6 Å². The largest absolute Gasteiger partial charge is 0.379 e. The Hall–Kier alpha value is -2.18. The number of amides is 1. The quantitative estimate of drug-likeness (QED) is 0.643. The van der Waals surface area contributed by atoms with E-state index >= 15 is 0 Å². The Morgan fingerprint density at radius 2 is 1.84 bits per heavy atom. The van der Waals surface area contributed by atoms with Crippen LogP contribution in [0.5, 0.6) is 0 Å². The van der Waals surface area contributed by atoms with Crippen molar-refractivity contribution in [1.82, 2.24) is 4.98 Å². The maximum absolute atomic E-state index is 12.4. The number of benzene rings is 1. The number of hydrogen-bond donors (Lipinski definition) is 2. The smallest absolute Gasteiger partial charge is 0.230 e. The first-order valence-electron chi connectivity index (χ1n) is 8.06. The number of carbonyl (C=O) groups excluding carboxylic acids is 1. The molecule has 3 rings (SSSR count). The summed E-state index contributed by atoms with van der Waals surface area (Å²) in [6.07, 6.45) is 0.270. The second-order valence-electron chi connectivity index (χ2n) is 6.77. The van der Waals surface area contributed by atoms with Crippen molar-refractivity contribution in [3.63, 3.8) is 0 Å². The second-order valence-corrected chi connectivity index (χ2v) is 8.57. The molecule has 1 amide bonds. The van der Waals surface area contributed by atoms with Gasteiger partial charge in [-0.15, -0.1) is 22.7 Å². The predicted octanol–water partition coefficient (Wildman–Crippen LogP) is 5.26. The van der Waals surface area contributed by atoms with Gasteiger partial charge in [-0.25, -0.2) is 4.98 Å². The van der Waals surface area contributed by atoms with Gasteiger partial charge in [-0.3, -0.25) is 4.79 Å². The molecule has 6 heteroatoms. The molecular weight excluding hydrogens is 350 g/mol. The number of rotatable bonds is 5. The number of aromatic nitrogens is 1. The lowest BCUT2D eigenvalue weighted by Gasteiger charge is -2.24. The molecule has 4 nitrogen and oxygen atoms in total. The molecule has 0 atom stereocenters. The van der Waals surface area contributed by atoms with E-state index in [1.807, 2.05) is 47.2 Å². The monoisotopic (exact) mass is 371 g/mol. The van der Waals surface area contributed by atoms with Crippen LogP contribution < -0.4 is 10.6 Å². The van der Waals surface area contributed by atoms with Crippen molar-refractivity contribution >= 4 is 40.0 Å². The van der Waals surface area contributed by atoms with Crippen molar-refractivity contribution in [3.05, 3.63) is 52.9 Å². The van der Waals surface area contributed by atoms with E-state index in [0.717, 1.165) is 27.0 Å². The van der Waals surface area contributed by atoms with E-state index in [9.17, 15) is 4.79 Å². The molecule has 0 aliphatic heterocycles. The third-order valence-corrected chi connectivity index (χ3v) is 5.27. The van der Waals surface area contributed by atoms with Gasteiger partial charge in [0.15, 0.2) is 0 Å². The molecule has 2 N–H and O–H groups in total. The van der Waals surface area contributed by atoms with E-state index in [4.69, 9.17) is 0 Å². The van der Waals surface area contributed by atoms with Crippen LogP contribution in [0.3, 0.4) is 0 Å². The Kier molecular flexibility index (Phi) is 5.20. The van der Waals surface area contributed by atoms with Gasteiger partial charge in [0.05, 0.1) is 28.4 Å². The molecule has 0 fully saturated rings. The average Bonchev–Trinajstić information content (AvgIpc) is 3.18. The van der Waals surface area contributed by atoms with Crippen molar-refractivity contribution in [2.45, 2.75) is 32.7 Å². The van der Waals surface area contributed by atoms with Crippen LogP contribution in [0, 0.1) is 0 Å². The Balaban J connectivity index is 1.67. The summed E-state index contributed by atoms with van der Waals surface area (Å²) in [5.74, 6) is -0.0637. The number of carbonyl (C=O) groups is 1. The zero-order valence-electron chi connectivity index (χ0n) is 14.5. The number of para-hydroxylation sites is 2. The SMILES string of the molecule is CC(C)(C)Nc1ccccc1NC(=O)Cc1csc(-c2cccs2)n1. The lowest BCUT2D eigenvalue weighted by molar-refractivity contribution is -0.115. The van der Waals surface area contributed by atoms with Gasteiger partial charge in [-0.05, 0) is 44.4 Å². The number of nitrogens with one attached hydrogen (secondary N) is 2. The fourth-order valence-corrected chi connectivity index (χ4v) is 4.00. The maximum Gasteiger partial charge on any atom is 0.230 e. The number of nitrogens with zero attached hydrogens (tertiary/aromatic N) is 1. The molecule has 0 saturated carbocycles. The lowest BCUT2D eigenvalue weighted by Crippen LogP contribution is -2.27. The fourth-order valence-electron chi connectivity index (χ4n) is 2.37. The molecule has 0 aliphatic rings. The van der Waals surface area contributed by atoms with E-state index < -0.39 is 0 Å². The average molecular weight is 372 g/mol. The molecule has 2 heterocycles. The summed E-state index contributed by atoms with van der Waals surface area (Å²) in [5, 5.41) is 11.4. The molecule has 0 unspecified atom stereocenters. The normalized spacial score (nSPS) is 11.3. The van der Waals surface area contributed by atoms with Gasteiger partial charge in [0.2, 0.25) is 5.91 Å². The summed E-state index contributed by atoms with van der Waals surface area (Å²) in [6.45, 7) is 6.27. The van der Waals surface area contributed by atoms with Crippen molar-refractivity contribution < 1.29 is 4.79 Å². The van der Waals surface area contributed by atoms with Gasteiger partial charge in [0, 0.05) is 10.9 Å². The van der Waals surface area contributed by atoms with Gasteiger partial charge in [0.1, 0.15) is 5.01 Å². The van der Waals surface area contributed by atoms with E-state index in [-0.39, 0.29) is 17.9 Å². The third kappa shape index (κ3) is 4.90. The van der Waals surface area contributed by atoms with E-state index in [1.165, 1.54) is 0 Å². The van der Waals surface area contributed by atoms with Crippen molar-refractivity contribution in [2.24, 2.45) is 0 Å². The van der Waals surface area contributed by atoms with Crippen LogP contribution in [0.25, 0.3) is 9.88 Å². The zero-order valence-corrected chi connectivity index (χ0v) is 16.1. The van der Waals surface area contributed by atoms with Crippen LogP contribution in [0.2, 0.25) is 0 Å². The first-order chi connectivity index (χ1) is 11.9. The summed E-state index contributed by atoms with van der Waals surface area (Å²) >= 11 is 3.23. The third-order valence-electron chi connectivity index (χ3n) is 3.34. The molecule has 0 aliphatic carbocycles. The molecule has 1 aromatic carbocycles. The first kappa shape index (κ1) is 17.6. The highest BCUT2D eigenvalue weighted by Gasteiger charge is 2.14. The Morgan fingerprint density at radius 3 is 2.52 bits per heavy atom. The molecule has 0 bridgehead atoms. The molecule has 0 spiro atoms. The predicted molar refractivity (Wildman–Crippen MR) is 108 cm³/mol. The number of thiophene rings is 1. The number of anilines is 2. The van der Waals surface area contributed by atoms with Crippen LogP contribution in [0.15, 0.2) is 47.2 Å². The summed E-state index contributed by atoms with van der Waals surface area (Å²) in [6, 6.07) is 11.8. The fraction of sp³-hybridized carbons (Fsp3) is 0.263. The summed E-state index contributed by atoms with van der Waals surface area (Å²) in [7, 11) is 0. The molecule has 2 aromatic heterocycles.